The average molecular weight is 257 g/mol. The number of nitrogens with one attached hydrogen (secondary N) is 1. The molecule has 2 nitrogen and oxygen atoms in total. The molecular formula is C17H23NO. The predicted octanol–water partition coefficient (Wildman–Crippen LogP) is 3.85. The Morgan fingerprint density at radius 2 is 1.79 bits per heavy atom. The molecule has 2 aromatic rings. The van der Waals surface area contributed by atoms with Crippen molar-refractivity contribution in [3.63, 3.8) is 0 Å². The minimum atomic E-state index is 0.464. The van der Waals surface area contributed by atoms with Crippen LogP contribution in [0.3, 0.4) is 0 Å². The molecule has 1 aromatic carbocycles. The lowest BCUT2D eigenvalue weighted by atomic mass is 9.94. The number of hydrogen-bond donors (Lipinski definition) is 1. The molecule has 1 heterocycles. The summed E-state index contributed by atoms with van der Waals surface area (Å²) >= 11 is 0. The van der Waals surface area contributed by atoms with Crippen LogP contribution in [0.4, 0.5) is 0 Å². The molecule has 0 amide bonds. The van der Waals surface area contributed by atoms with Crippen LogP contribution in [0.15, 0.2) is 53.1 Å². The van der Waals surface area contributed by atoms with Crippen molar-refractivity contribution in [2.75, 3.05) is 13.1 Å². The van der Waals surface area contributed by atoms with Crippen molar-refractivity contribution in [1.82, 2.24) is 5.32 Å². The summed E-state index contributed by atoms with van der Waals surface area (Å²) < 4.78 is 5.49. The van der Waals surface area contributed by atoms with E-state index in [0.29, 0.717) is 11.8 Å². The monoisotopic (exact) mass is 257 g/mol. The second-order valence-electron chi connectivity index (χ2n) is 5.44. The maximum absolute atomic E-state index is 5.49. The predicted molar refractivity (Wildman–Crippen MR) is 79.3 cm³/mol. The van der Waals surface area contributed by atoms with E-state index in [4.69, 9.17) is 4.42 Å². The van der Waals surface area contributed by atoms with Crippen LogP contribution >= 0.6 is 0 Å². The first-order valence-electron chi connectivity index (χ1n) is 7.03. The van der Waals surface area contributed by atoms with E-state index >= 15 is 0 Å². The first-order chi connectivity index (χ1) is 9.25. The third-order valence-electron chi connectivity index (χ3n) is 3.24. The average Bonchev–Trinajstić information content (AvgIpc) is 2.91. The van der Waals surface area contributed by atoms with E-state index in [2.05, 4.69) is 55.6 Å². The molecule has 102 valence electrons. The largest absolute Gasteiger partial charge is 0.469 e. The molecule has 2 rings (SSSR count). The van der Waals surface area contributed by atoms with E-state index in [1.165, 1.54) is 5.56 Å². The van der Waals surface area contributed by atoms with Crippen LogP contribution in [0, 0.1) is 5.92 Å². The molecule has 0 aliphatic heterocycles. The Morgan fingerprint density at radius 3 is 2.42 bits per heavy atom. The zero-order chi connectivity index (χ0) is 13.5. The lowest BCUT2D eigenvalue weighted by molar-refractivity contribution is 0.461. The highest BCUT2D eigenvalue weighted by atomic mass is 16.3. The Labute approximate surface area is 115 Å². The lowest BCUT2D eigenvalue weighted by Gasteiger charge is -2.18. The number of benzene rings is 1. The van der Waals surface area contributed by atoms with Gasteiger partial charge in [-0.2, -0.15) is 0 Å². The summed E-state index contributed by atoms with van der Waals surface area (Å²) in [4.78, 5) is 0. The molecule has 0 saturated carbocycles. The van der Waals surface area contributed by atoms with Gasteiger partial charge in [-0.3, -0.25) is 0 Å². The summed E-state index contributed by atoms with van der Waals surface area (Å²) in [6.07, 6.45) is 2.70. The van der Waals surface area contributed by atoms with Crippen LogP contribution in [0.5, 0.6) is 0 Å². The first kappa shape index (κ1) is 13.9. The molecule has 1 atom stereocenters. The highest BCUT2D eigenvalue weighted by molar-refractivity contribution is 5.21. The maximum atomic E-state index is 5.49. The Balaban J connectivity index is 2.00. The summed E-state index contributed by atoms with van der Waals surface area (Å²) in [7, 11) is 0. The zero-order valence-electron chi connectivity index (χ0n) is 11.8. The summed E-state index contributed by atoms with van der Waals surface area (Å²) in [6.45, 7) is 6.51. The van der Waals surface area contributed by atoms with E-state index in [9.17, 15) is 0 Å². The van der Waals surface area contributed by atoms with Gasteiger partial charge < -0.3 is 9.73 Å². The third kappa shape index (κ3) is 4.56. The second-order valence-corrected chi connectivity index (χ2v) is 5.44. The summed E-state index contributed by atoms with van der Waals surface area (Å²) in [5.41, 5.74) is 1.37. The van der Waals surface area contributed by atoms with Gasteiger partial charge in [0.05, 0.1) is 6.26 Å². The SMILES string of the molecule is CC(C)CNCC(Cc1ccco1)c1ccccc1. The number of rotatable bonds is 7. The van der Waals surface area contributed by atoms with Crippen molar-refractivity contribution in [2.45, 2.75) is 26.2 Å². The van der Waals surface area contributed by atoms with Gasteiger partial charge in [0, 0.05) is 18.9 Å². The molecule has 0 radical (unpaired) electrons. The van der Waals surface area contributed by atoms with Crippen LogP contribution < -0.4 is 5.32 Å². The zero-order valence-corrected chi connectivity index (χ0v) is 11.8. The van der Waals surface area contributed by atoms with Gasteiger partial charge in [0.2, 0.25) is 0 Å². The normalized spacial score (nSPS) is 12.8. The van der Waals surface area contributed by atoms with Crippen LogP contribution in [0.2, 0.25) is 0 Å². The van der Waals surface area contributed by atoms with Crippen LogP contribution in [0.1, 0.15) is 31.1 Å². The van der Waals surface area contributed by atoms with Gasteiger partial charge in [0.1, 0.15) is 5.76 Å². The van der Waals surface area contributed by atoms with Gasteiger partial charge in [-0.15, -0.1) is 0 Å². The first-order valence-corrected chi connectivity index (χ1v) is 7.03. The van der Waals surface area contributed by atoms with Gasteiger partial charge >= 0.3 is 0 Å². The Hall–Kier alpha value is -1.54. The van der Waals surface area contributed by atoms with Gasteiger partial charge in [-0.05, 0) is 30.2 Å². The van der Waals surface area contributed by atoms with Crippen molar-refractivity contribution in [1.29, 1.82) is 0 Å². The summed E-state index contributed by atoms with van der Waals surface area (Å²) in [6, 6.07) is 14.7. The highest BCUT2D eigenvalue weighted by Gasteiger charge is 2.13. The van der Waals surface area contributed by atoms with E-state index in [0.717, 1.165) is 25.3 Å². The molecule has 0 aliphatic rings. The fraction of sp³-hybridized carbons (Fsp3) is 0.412. The van der Waals surface area contributed by atoms with Gasteiger partial charge in [0.15, 0.2) is 0 Å². The van der Waals surface area contributed by atoms with Crippen molar-refractivity contribution in [3.05, 3.63) is 60.1 Å². The molecule has 0 spiro atoms. The minimum Gasteiger partial charge on any atom is -0.469 e. The fourth-order valence-electron chi connectivity index (χ4n) is 2.25. The molecule has 1 unspecified atom stereocenters. The van der Waals surface area contributed by atoms with Crippen LogP contribution in [-0.4, -0.2) is 13.1 Å². The van der Waals surface area contributed by atoms with E-state index in [-0.39, 0.29) is 0 Å². The fourth-order valence-corrected chi connectivity index (χ4v) is 2.25. The minimum absolute atomic E-state index is 0.464. The molecule has 0 bridgehead atoms. The molecular weight excluding hydrogens is 234 g/mol. The second kappa shape index (κ2) is 7.15. The Kier molecular flexibility index (Phi) is 5.22. The van der Waals surface area contributed by atoms with Gasteiger partial charge in [-0.25, -0.2) is 0 Å². The van der Waals surface area contributed by atoms with E-state index in [1.54, 1.807) is 6.26 Å². The highest BCUT2D eigenvalue weighted by Crippen LogP contribution is 2.20. The van der Waals surface area contributed by atoms with Crippen molar-refractivity contribution < 1.29 is 4.42 Å². The molecule has 0 aliphatic carbocycles. The number of hydrogen-bond acceptors (Lipinski definition) is 2. The number of furan rings is 1. The van der Waals surface area contributed by atoms with Crippen LogP contribution in [-0.2, 0) is 6.42 Å². The van der Waals surface area contributed by atoms with Gasteiger partial charge in [0.25, 0.3) is 0 Å². The van der Waals surface area contributed by atoms with Crippen LogP contribution in [0.25, 0.3) is 0 Å². The summed E-state index contributed by atoms with van der Waals surface area (Å²) in [5.74, 6) is 2.20. The quantitative estimate of drug-likeness (QED) is 0.815. The Morgan fingerprint density at radius 1 is 1.00 bits per heavy atom. The van der Waals surface area contributed by atoms with Crippen molar-refractivity contribution in [3.8, 4) is 0 Å². The van der Waals surface area contributed by atoms with Crippen molar-refractivity contribution in [2.24, 2.45) is 5.92 Å². The molecule has 1 aromatic heterocycles. The molecule has 1 N–H and O–H groups in total. The molecule has 0 saturated heterocycles. The third-order valence-corrected chi connectivity index (χ3v) is 3.24. The maximum Gasteiger partial charge on any atom is 0.104 e. The van der Waals surface area contributed by atoms with E-state index < -0.39 is 0 Å². The van der Waals surface area contributed by atoms with E-state index in [1.807, 2.05) is 6.07 Å². The smallest absolute Gasteiger partial charge is 0.104 e. The molecule has 19 heavy (non-hydrogen) atoms. The topological polar surface area (TPSA) is 25.2 Å². The molecule has 0 fully saturated rings. The lowest BCUT2D eigenvalue weighted by Crippen LogP contribution is -2.26. The van der Waals surface area contributed by atoms with Crippen molar-refractivity contribution >= 4 is 0 Å². The van der Waals surface area contributed by atoms with Gasteiger partial charge in [-0.1, -0.05) is 44.2 Å². The Bertz CT molecular complexity index is 447. The summed E-state index contributed by atoms with van der Waals surface area (Å²) in [5, 5.41) is 3.55. The molecule has 2 heteroatoms. The standard InChI is InChI=1S/C17H23NO/c1-14(2)12-18-13-16(11-17-9-6-10-19-17)15-7-4-3-5-8-15/h3-10,14,16,18H,11-13H2,1-2H3.